The Labute approximate surface area is 108 Å². The first kappa shape index (κ1) is 12.1. The summed E-state index contributed by atoms with van der Waals surface area (Å²) < 4.78 is 5.52. The molecule has 0 aliphatic carbocycles. The molecule has 1 fully saturated rings. The number of rotatable bonds is 2. The molecule has 1 aromatic carbocycles. The summed E-state index contributed by atoms with van der Waals surface area (Å²) in [5.41, 5.74) is 0.713. The molecule has 1 heterocycles. The molecule has 0 saturated carbocycles. The SMILES string of the molecule is COC(=O)C1CCC(=O)N1c1ccccc1Br. The van der Waals surface area contributed by atoms with Gasteiger partial charge in [-0.25, -0.2) is 4.79 Å². The number of hydrogen-bond acceptors (Lipinski definition) is 3. The minimum atomic E-state index is -0.508. The fourth-order valence-electron chi connectivity index (χ4n) is 1.99. The molecule has 1 aromatic rings. The number of methoxy groups -OCH3 is 1. The van der Waals surface area contributed by atoms with E-state index in [9.17, 15) is 9.59 Å². The average Bonchev–Trinajstić information content (AvgIpc) is 2.71. The molecule has 1 saturated heterocycles. The Bertz CT molecular complexity index is 461. The molecular formula is C12H12BrNO3. The van der Waals surface area contributed by atoms with Gasteiger partial charge in [-0.2, -0.15) is 0 Å². The van der Waals surface area contributed by atoms with E-state index in [1.165, 1.54) is 12.0 Å². The molecule has 0 radical (unpaired) electrons. The van der Waals surface area contributed by atoms with Gasteiger partial charge in [0.15, 0.2) is 0 Å². The van der Waals surface area contributed by atoms with Crippen molar-refractivity contribution in [1.82, 2.24) is 0 Å². The number of amides is 1. The Balaban J connectivity index is 2.38. The predicted molar refractivity (Wildman–Crippen MR) is 66.7 cm³/mol. The van der Waals surface area contributed by atoms with E-state index in [1.807, 2.05) is 24.3 Å². The van der Waals surface area contributed by atoms with E-state index in [2.05, 4.69) is 15.9 Å². The van der Waals surface area contributed by atoms with Gasteiger partial charge < -0.3 is 4.74 Å². The molecular weight excluding hydrogens is 286 g/mol. The van der Waals surface area contributed by atoms with Crippen LogP contribution in [0.1, 0.15) is 12.8 Å². The van der Waals surface area contributed by atoms with Crippen LogP contribution in [0.5, 0.6) is 0 Å². The van der Waals surface area contributed by atoms with E-state index < -0.39 is 6.04 Å². The summed E-state index contributed by atoms with van der Waals surface area (Å²) in [5, 5.41) is 0. The lowest BCUT2D eigenvalue weighted by Gasteiger charge is -2.23. The van der Waals surface area contributed by atoms with Crippen LogP contribution in [0.15, 0.2) is 28.7 Å². The Morgan fingerprint density at radius 1 is 1.47 bits per heavy atom. The molecule has 0 N–H and O–H groups in total. The number of para-hydroxylation sites is 1. The van der Waals surface area contributed by atoms with Gasteiger partial charge in [0.25, 0.3) is 0 Å². The van der Waals surface area contributed by atoms with Gasteiger partial charge in [-0.15, -0.1) is 0 Å². The maximum atomic E-state index is 11.9. The zero-order chi connectivity index (χ0) is 12.4. The first-order chi connectivity index (χ1) is 8.15. The van der Waals surface area contributed by atoms with Gasteiger partial charge in [0.1, 0.15) is 6.04 Å². The molecule has 1 amide bonds. The number of esters is 1. The lowest BCUT2D eigenvalue weighted by Crippen LogP contribution is -2.39. The van der Waals surface area contributed by atoms with Gasteiger partial charge in [-0.1, -0.05) is 12.1 Å². The highest BCUT2D eigenvalue weighted by molar-refractivity contribution is 9.10. The van der Waals surface area contributed by atoms with Crippen LogP contribution in [0.4, 0.5) is 5.69 Å². The van der Waals surface area contributed by atoms with Crippen LogP contribution in [0.25, 0.3) is 0 Å². The van der Waals surface area contributed by atoms with Crippen molar-refractivity contribution in [2.24, 2.45) is 0 Å². The second-order valence-electron chi connectivity index (χ2n) is 3.79. The first-order valence-electron chi connectivity index (χ1n) is 5.29. The van der Waals surface area contributed by atoms with Crippen molar-refractivity contribution in [2.75, 3.05) is 12.0 Å². The standard InChI is InChI=1S/C12H12BrNO3/c1-17-12(16)10-6-7-11(15)14(10)9-5-3-2-4-8(9)13/h2-5,10H,6-7H2,1H3. The van der Waals surface area contributed by atoms with Gasteiger partial charge in [0, 0.05) is 10.9 Å². The summed E-state index contributed by atoms with van der Waals surface area (Å²) >= 11 is 3.39. The fourth-order valence-corrected chi connectivity index (χ4v) is 2.47. The van der Waals surface area contributed by atoms with Crippen molar-refractivity contribution >= 4 is 33.5 Å². The fraction of sp³-hybridized carbons (Fsp3) is 0.333. The minimum absolute atomic E-state index is 0.0488. The van der Waals surface area contributed by atoms with Crippen molar-refractivity contribution in [3.63, 3.8) is 0 Å². The quantitative estimate of drug-likeness (QED) is 0.786. The van der Waals surface area contributed by atoms with E-state index in [1.54, 1.807) is 0 Å². The number of anilines is 1. The van der Waals surface area contributed by atoms with Crippen molar-refractivity contribution in [2.45, 2.75) is 18.9 Å². The first-order valence-corrected chi connectivity index (χ1v) is 6.09. The number of nitrogens with zero attached hydrogens (tertiary/aromatic N) is 1. The summed E-state index contributed by atoms with van der Waals surface area (Å²) in [6, 6.07) is 6.84. The van der Waals surface area contributed by atoms with E-state index in [0.717, 1.165) is 4.47 Å². The molecule has 1 atom stereocenters. The van der Waals surface area contributed by atoms with E-state index in [4.69, 9.17) is 4.74 Å². The van der Waals surface area contributed by atoms with E-state index >= 15 is 0 Å². The maximum absolute atomic E-state index is 11.9. The second kappa shape index (κ2) is 4.87. The van der Waals surface area contributed by atoms with Gasteiger partial charge in [-0.05, 0) is 34.5 Å². The summed E-state index contributed by atoms with van der Waals surface area (Å²) in [6.45, 7) is 0. The third-order valence-corrected chi connectivity index (χ3v) is 3.47. The number of benzene rings is 1. The van der Waals surface area contributed by atoms with Crippen molar-refractivity contribution in [1.29, 1.82) is 0 Å². The molecule has 1 unspecified atom stereocenters. The summed E-state index contributed by atoms with van der Waals surface area (Å²) in [5.74, 6) is -0.418. The lowest BCUT2D eigenvalue weighted by molar-refractivity contribution is -0.142. The summed E-state index contributed by atoms with van der Waals surface area (Å²) in [4.78, 5) is 25.0. The number of halogens is 1. The van der Waals surface area contributed by atoms with Gasteiger partial charge in [0.05, 0.1) is 12.8 Å². The molecule has 0 spiro atoms. The third kappa shape index (κ3) is 2.20. The molecule has 1 aliphatic heterocycles. The Hall–Kier alpha value is -1.36. The van der Waals surface area contributed by atoms with Crippen LogP contribution in [0.2, 0.25) is 0 Å². The second-order valence-corrected chi connectivity index (χ2v) is 4.65. The van der Waals surface area contributed by atoms with Crippen LogP contribution in [0.3, 0.4) is 0 Å². The van der Waals surface area contributed by atoms with Crippen molar-refractivity contribution < 1.29 is 14.3 Å². The minimum Gasteiger partial charge on any atom is -0.467 e. The monoisotopic (exact) mass is 297 g/mol. The van der Waals surface area contributed by atoms with E-state index in [0.29, 0.717) is 18.5 Å². The normalized spacial score (nSPS) is 19.5. The van der Waals surface area contributed by atoms with Gasteiger partial charge in [0.2, 0.25) is 5.91 Å². The number of ether oxygens (including phenoxy) is 1. The molecule has 17 heavy (non-hydrogen) atoms. The summed E-state index contributed by atoms with van der Waals surface area (Å²) in [7, 11) is 1.34. The smallest absolute Gasteiger partial charge is 0.328 e. The Morgan fingerprint density at radius 2 is 2.18 bits per heavy atom. The lowest BCUT2D eigenvalue weighted by atomic mass is 10.2. The zero-order valence-electron chi connectivity index (χ0n) is 9.35. The zero-order valence-corrected chi connectivity index (χ0v) is 10.9. The molecule has 4 nitrogen and oxygen atoms in total. The molecule has 1 aliphatic rings. The topological polar surface area (TPSA) is 46.6 Å². The third-order valence-electron chi connectivity index (χ3n) is 2.80. The maximum Gasteiger partial charge on any atom is 0.328 e. The number of carbonyl (C=O) groups excluding carboxylic acids is 2. The predicted octanol–water partition coefficient (Wildman–Crippen LogP) is 2.12. The highest BCUT2D eigenvalue weighted by Crippen LogP contribution is 2.32. The van der Waals surface area contributed by atoms with Crippen molar-refractivity contribution in [3.8, 4) is 0 Å². The number of hydrogen-bond donors (Lipinski definition) is 0. The average molecular weight is 298 g/mol. The molecule has 2 rings (SSSR count). The Kier molecular flexibility index (Phi) is 3.47. The van der Waals surface area contributed by atoms with Crippen molar-refractivity contribution in [3.05, 3.63) is 28.7 Å². The van der Waals surface area contributed by atoms with Gasteiger partial charge in [-0.3, -0.25) is 9.69 Å². The van der Waals surface area contributed by atoms with E-state index in [-0.39, 0.29) is 11.9 Å². The van der Waals surface area contributed by atoms with Crippen LogP contribution in [0, 0.1) is 0 Å². The van der Waals surface area contributed by atoms with Crippen LogP contribution in [-0.2, 0) is 14.3 Å². The molecule has 90 valence electrons. The highest BCUT2D eigenvalue weighted by Gasteiger charge is 2.38. The molecule has 0 aromatic heterocycles. The molecule has 0 bridgehead atoms. The van der Waals surface area contributed by atoms with Crippen LogP contribution in [-0.4, -0.2) is 25.0 Å². The summed E-state index contributed by atoms with van der Waals surface area (Å²) in [6.07, 6.45) is 0.883. The number of carbonyl (C=O) groups is 2. The van der Waals surface area contributed by atoms with Crippen LogP contribution < -0.4 is 4.90 Å². The van der Waals surface area contributed by atoms with Crippen LogP contribution >= 0.6 is 15.9 Å². The van der Waals surface area contributed by atoms with Gasteiger partial charge >= 0.3 is 5.97 Å². The largest absolute Gasteiger partial charge is 0.467 e. The molecule has 5 heteroatoms. The highest BCUT2D eigenvalue weighted by atomic mass is 79.9. The Morgan fingerprint density at radius 3 is 2.82 bits per heavy atom.